The molecular weight excluding hydrogens is 394 g/mol. The maximum atomic E-state index is 12.0. The summed E-state index contributed by atoms with van der Waals surface area (Å²) in [4.78, 5) is 27.9. The van der Waals surface area contributed by atoms with Crippen molar-refractivity contribution >= 4 is 29.1 Å². The lowest BCUT2D eigenvalue weighted by atomic mass is 9.91. The van der Waals surface area contributed by atoms with Gasteiger partial charge in [-0.2, -0.15) is 0 Å². The molecule has 164 valence electrons. The van der Waals surface area contributed by atoms with Gasteiger partial charge in [0.05, 0.1) is 13.1 Å². The van der Waals surface area contributed by atoms with Crippen LogP contribution in [0.1, 0.15) is 31.7 Å². The molecular formula is C23H29N5O3. The number of hydrogen-bond donors (Lipinski definition) is 4. The zero-order chi connectivity index (χ0) is 22.1. The van der Waals surface area contributed by atoms with E-state index in [4.69, 9.17) is 4.74 Å². The molecule has 0 fully saturated rings. The number of nitrogens with one attached hydrogen (secondary N) is 4. The Bertz CT molecular complexity index is 944. The predicted molar refractivity (Wildman–Crippen MR) is 123 cm³/mol. The van der Waals surface area contributed by atoms with Crippen molar-refractivity contribution in [3.63, 3.8) is 0 Å². The van der Waals surface area contributed by atoms with E-state index in [9.17, 15) is 9.59 Å². The van der Waals surface area contributed by atoms with E-state index in [2.05, 4.69) is 26.3 Å². The zero-order valence-electron chi connectivity index (χ0n) is 17.9. The molecule has 2 amide bonds. The molecule has 0 saturated carbocycles. The van der Waals surface area contributed by atoms with Gasteiger partial charge < -0.3 is 26.0 Å². The Morgan fingerprint density at radius 3 is 2.84 bits per heavy atom. The minimum Gasteiger partial charge on any atom is -0.492 e. The summed E-state index contributed by atoms with van der Waals surface area (Å²) in [6, 6.07) is 15.1. The highest BCUT2D eigenvalue weighted by atomic mass is 16.5. The number of fused-ring (bicyclic) bond motifs is 1. The van der Waals surface area contributed by atoms with Crippen LogP contribution in [0.2, 0.25) is 0 Å². The van der Waals surface area contributed by atoms with Gasteiger partial charge in [-0.3, -0.25) is 14.6 Å². The molecule has 8 nitrogen and oxygen atoms in total. The first-order valence-electron chi connectivity index (χ1n) is 10.5. The molecule has 2 aromatic carbocycles. The molecule has 0 bridgehead atoms. The van der Waals surface area contributed by atoms with Gasteiger partial charge in [0.2, 0.25) is 11.8 Å². The second-order valence-electron chi connectivity index (χ2n) is 7.24. The van der Waals surface area contributed by atoms with Gasteiger partial charge in [0.15, 0.2) is 5.96 Å². The van der Waals surface area contributed by atoms with E-state index in [1.807, 2.05) is 49.4 Å². The van der Waals surface area contributed by atoms with Gasteiger partial charge in [0.25, 0.3) is 0 Å². The van der Waals surface area contributed by atoms with Crippen LogP contribution in [0.4, 0.5) is 11.4 Å². The van der Waals surface area contributed by atoms with Crippen molar-refractivity contribution in [1.29, 1.82) is 0 Å². The second kappa shape index (κ2) is 11.0. The van der Waals surface area contributed by atoms with E-state index in [0.717, 1.165) is 17.8 Å². The van der Waals surface area contributed by atoms with Crippen molar-refractivity contribution in [2.45, 2.75) is 26.2 Å². The molecule has 4 N–H and O–H groups in total. The van der Waals surface area contributed by atoms with Gasteiger partial charge in [0.1, 0.15) is 12.4 Å². The lowest BCUT2D eigenvalue weighted by molar-refractivity contribution is -0.117. The Balaban J connectivity index is 1.53. The van der Waals surface area contributed by atoms with Crippen LogP contribution in [0.15, 0.2) is 53.5 Å². The summed E-state index contributed by atoms with van der Waals surface area (Å²) in [7, 11) is 0. The number of anilines is 2. The lowest BCUT2D eigenvalue weighted by Crippen LogP contribution is -2.39. The number of carbonyl (C=O) groups excluding carboxylic acids is 2. The zero-order valence-corrected chi connectivity index (χ0v) is 17.9. The number of aliphatic imine (C=N–C) groups is 1. The first kappa shape index (κ1) is 22.1. The predicted octanol–water partition coefficient (Wildman–Crippen LogP) is 2.70. The fraction of sp³-hybridized carbons (Fsp3) is 0.348. The monoisotopic (exact) mass is 423 g/mol. The number of benzene rings is 2. The van der Waals surface area contributed by atoms with Crippen molar-refractivity contribution in [2.75, 3.05) is 36.9 Å². The summed E-state index contributed by atoms with van der Waals surface area (Å²) >= 11 is 0. The average Bonchev–Trinajstić information content (AvgIpc) is 2.74. The quantitative estimate of drug-likeness (QED) is 0.297. The standard InChI is InChI=1S/C23H29N5O3/c1-3-24-23(25-11-12-31-19-8-6-7-18(14-19)27-16(2)29)26-15-17-13-22(30)28-21-10-5-4-9-20(17)21/h4-10,14,17H,3,11-13,15H2,1-2H3,(H,27,29)(H,28,30)(H2,24,25,26). The molecule has 0 radical (unpaired) electrons. The maximum Gasteiger partial charge on any atom is 0.225 e. The molecule has 31 heavy (non-hydrogen) atoms. The molecule has 0 aromatic heterocycles. The normalized spacial score (nSPS) is 15.5. The minimum atomic E-state index is -0.122. The van der Waals surface area contributed by atoms with Gasteiger partial charge in [-0.25, -0.2) is 0 Å². The Morgan fingerprint density at radius 2 is 2.03 bits per heavy atom. The average molecular weight is 424 g/mol. The smallest absolute Gasteiger partial charge is 0.225 e. The third kappa shape index (κ3) is 6.74. The van der Waals surface area contributed by atoms with E-state index >= 15 is 0 Å². The Labute approximate surface area is 182 Å². The minimum absolute atomic E-state index is 0.0201. The van der Waals surface area contributed by atoms with E-state index in [-0.39, 0.29) is 17.7 Å². The second-order valence-corrected chi connectivity index (χ2v) is 7.24. The molecule has 0 aliphatic carbocycles. The van der Waals surface area contributed by atoms with Gasteiger partial charge in [-0.15, -0.1) is 0 Å². The summed E-state index contributed by atoms with van der Waals surface area (Å²) < 4.78 is 5.76. The summed E-state index contributed by atoms with van der Waals surface area (Å²) in [5.41, 5.74) is 2.68. The third-order valence-electron chi connectivity index (χ3n) is 4.74. The topological polar surface area (TPSA) is 104 Å². The van der Waals surface area contributed by atoms with Crippen molar-refractivity contribution in [1.82, 2.24) is 10.6 Å². The highest BCUT2D eigenvalue weighted by Crippen LogP contribution is 2.31. The Hall–Kier alpha value is -3.55. The number of rotatable bonds is 8. The number of hydrogen-bond acceptors (Lipinski definition) is 4. The Morgan fingerprint density at radius 1 is 1.19 bits per heavy atom. The van der Waals surface area contributed by atoms with E-state index in [1.54, 1.807) is 6.07 Å². The van der Waals surface area contributed by atoms with Crippen LogP contribution in [0.3, 0.4) is 0 Å². The van der Waals surface area contributed by atoms with E-state index in [0.29, 0.717) is 43.5 Å². The van der Waals surface area contributed by atoms with Crippen molar-refractivity contribution < 1.29 is 14.3 Å². The number of para-hydroxylation sites is 1. The fourth-order valence-corrected chi connectivity index (χ4v) is 3.41. The molecule has 1 aliphatic rings. The van der Waals surface area contributed by atoms with Gasteiger partial charge in [-0.05, 0) is 30.7 Å². The van der Waals surface area contributed by atoms with Crippen LogP contribution in [-0.2, 0) is 9.59 Å². The molecule has 8 heteroatoms. The summed E-state index contributed by atoms with van der Waals surface area (Å²) in [6.45, 7) is 5.70. The largest absolute Gasteiger partial charge is 0.492 e. The molecule has 3 rings (SSSR count). The molecule has 0 saturated heterocycles. The van der Waals surface area contributed by atoms with Crippen LogP contribution < -0.4 is 26.0 Å². The molecule has 0 spiro atoms. The first-order chi connectivity index (χ1) is 15.0. The third-order valence-corrected chi connectivity index (χ3v) is 4.74. The summed E-state index contributed by atoms with van der Waals surface area (Å²) in [6.07, 6.45) is 0.424. The van der Waals surface area contributed by atoms with Crippen LogP contribution in [-0.4, -0.2) is 44.0 Å². The number of guanidine groups is 1. The lowest BCUT2D eigenvalue weighted by Gasteiger charge is -2.24. The molecule has 2 aromatic rings. The van der Waals surface area contributed by atoms with Gasteiger partial charge >= 0.3 is 0 Å². The first-order valence-corrected chi connectivity index (χ1v) is 10.5. The van der Waals surface area contributed by atoms with Crippen molar-refractivity contribution in [2.24, 2.45) is 4.99 Å². The van der Waals surface area contributed by atoms with E-state index in [1.165, 1.54) is 6.92 Å². The van der Waals surface area contributed by atoms with Gasteiger partial charge in [-0.1, -0.05) is 24.3 Å². The maximum absolute atomic E-state index is 12.0. The molecule has 1 unspecified atom stereocenters. The van der Waals surface area contributed by atoms with Crippen LogP contribution in [0, 0.1) is 0 Å². The SMILES string of the molecule is CCNC(=NCC1CC(=O)Nc2ccccc21)NCCOc1cccc(NC(C)=O)c1. The van der Waals surface area contributed by atoms with Gasteiger partial charge in [0, 0.05) is 43.2 Å². The Kier molecular flexibility index (Phi) is 7.86. The number of amides is 2. The number of ether oxygens (including phenoxy) is 1. The van der Waals surface area contributed by atoms with Crippen LogP contribution in [0.5, 0.6) is 5.75 Å². The van der Waals surface area contributed by atoms with Crippen molar-refractivity contribution in [3.05, 3.63) is 54.1 Å². The highest BCUT2D eigenvalue weighted by Gasteiger charge is 2.24. The van der Waals surface area contributed by atoms with Crippen molar-refractivity contribution in [3.8, 4) is 5.75 Å². The summed E-state index contributed by atoms with van der Waals surface area (Å²) in [5, 5.41) is 12.1. The van der Waals surface area contributed by atoms with E-state index < -0.39 is 0 Å². The summed E-state index contributed by atoms with van der Waals surface area (Å²) in [5.74, 6) is 1.31. The number of nitrogens with zero attached hydrogens (tertiary/aromatic N) is 1. The fourth-order valence-electron chi connectivity index (χ4n) is 3.41. The van der Waals surface area contributed by atoms with Crippen LogP contribution >= 0.6 is 0 Å². The molecule has 1 aliphatic heterocycles. The number of carbonyl (C=O) groups is 2. The highest BCUT2D eigenvalue weighted by molar-refractivity contribution is 5.94. The van der Waals surface area contributed by atoms with Crippen LogP contribution in [0.25, 0.3) is 0 Å². The molecule has 1 atom stereocenters. The molecule has 1 heterocycles.